The zero-order valence-corrected chi connectivity index (χ0v) is 14.8. The van der Waals surface area contributed by atoms with Crippen LogP contribution in [0.15, 0.2) is 23.1 Å². The third-order valence-corrected chi connectivity index (χ3v) is 4.96. The van der Waals surface area contributed by atoms with Gasteiger partial charge in [0, 0.05) is 0 Å². The highest BCUT2D eigenvalue weighted by Gasteiger charge is 2.35. The van der Waals surface area contributed by atoms with Crippen molar-refractivity contribution in [3.8, 4) is 0 Å². The molecule has 0 spiro atoms. The van der Waals surface area contributed by atoms with Crippen LogP contribution in [0, 0.1) is 0 Å². The molecule has 0 aromatic heterocycles. The van der Waals surface area contributed by atoms with Gasteiger partial charge in [0.25, 0.3) is 0 Å². The van der Waals surface area contributed by atoms with Crippen LogP contribution in [-0.2, 0) is 25.7 Å². The summed E-state index contributed by atoms with van der Waals surface area (Å²) in [5.41, 5.74) is -1.93. The fraction of sp³-hybridized carbons (Fsp3) is 0.467. The van der Waals surface area contributed by atoms with Crippen molar-refractivity contribution in [1.29, 1.82) is 0 Å². The first-order valence-corrected chi connectivity index (χ1v) is 8.97. The first-order chi connectivity index (χ1) is 11.9. The molecule has 1 aromatic rings. The highest BCUT2D eigenvalue weighted by Crippen LogP contribution is 2.32. The molecule has 0 aliphatic carbocycles. The van der Waals surface area contributed by atoms with E-state index in [1.54, 1.807) is 6.92 Å². The molecule has 0 amide bonds. The van der Waals surface area contributed by atoms with Gasteiger partial charge in [-0.3, -0.25) is 4.79 Å². The minimum Gasteiger partial charge on any atom is -0.480 e. The maximum Gasteiger partial charge on any atom is 0.416 e. The highest BCUT2D eigenvalue weighted by molar-refractivity contribution is 7.89. The first kappa shape index (κ1) is 21.9. The Morgan fingerprint density at radius 3 is 2.38 bits per heavy atom. The monoisotopic (exact) mass is 397 g/mol. The highest BCUT2D eigenvalue weighted by atomic mass is 32.2. The number of hydrogen-bond acceptors (Lipinski definition) is 5. The summed E-state index contributed by atoms with van der Waals surface area (Å²) in [6.45, 7) is 1.76. The van der Waals surface area contributed by atoms with Crippen LogP contribution in [-0.4, -0.2) is 38.6 Å². The summed E-state index contributed by atoms with van der Waals surface area (Å²) in [4.78, 5) is 21.9. The SMILES string of the molecule is CCCCC(NS(=O)(=O)c1cc(C(F)(F)F)ccc1C(=O)OC)C(=O)O. The van der Waals surface area contributed by atoms with Crippen LogP contribution in [0.1, 0.15) is 42.1 Å². The van der Waals surface area contributed by atoms with Gasteiger partial charge in [0.15, 0.2) is 0 Å². The van der Waals surface area contributed by atoms with Gasteiger partial charge in [-0.05, 0) is 24.6 Å². The van der Waals surface area contributed by atoms with Gasteiger partial charge in [0.1, 0.15) is 6.04 Å². The van der Waals surface area contributed by atoms with Crippen LogP contribution in [0.4, 0.5) is 13.2 Å². The molecule has 0 aliphatic heterocycles. The van der Waals surface area contributed by atoms with Gasteiger partial charge in [0.2, 0.25) is 10.0 Å². The molecule has 0 saturated heterocycles. The Balaban J connectivity index is 3.43. The summed E-state index contributed by atoms with van der Waals surface area (Å²) in [5.74, 6) is -2.65. The number of carboxylic acid groups (broad SMARTS) is 1. The van der Waals surface area contributed by atoms with Crippen molar-refractivity contribution >= 4 is 22.0 Å². The molecule has 7 nitrogen and oxygen atoms in total. The van der Waals surface area contributed by atoms with Gasteiger partial charge >= 0.3 is 18.1 Å². The molecule has 146 valence electrons. The third-order valence-electron chi connectivity index (χ3n) is 3.45. The number of nitrogens with one attached hydrogen (secondary N) is 1. The van der Waals surface area contributed by atoms with Crippen molar-refractivity contribution in [3.63, 3.8) is 0 Å². The lowest BCUT2D eigenvalue weighted by atomic mass is 10.1. The standard InChI is InChI=1S/C15H18F3NO6S/c1-3-4-5-11(13(20)21)19-26(23,24)12-8-9(15(16,17)18)6-7-10(12)14(22)25-2/h6-8,11,19H,3-5H2,1-2H3,(H,20,21). The van der Waals surface area contributed by atoms with Crippen molar-refractivity contribution in [3.05, 3.63) is 29.3 Å². The number of halogens is 3. The van der Waals surface area contributed by atoms with Crippen LogP contribution in [0.25, 0.3) is 0 Å². The van der Waals surface area contributed by atoms with E-state index >= 15 is 0 Å². The van der Waals surface area contributed by atoms with E-state index < -0.39 is 50.2 Å². The zero-order valence-electron chi connectivity index (χ0n) is 14.0. The van der Waals surface area contributed by atoms with Crippen molar-refractivity contribution in [2.24, 2.45) is 0 Å². The second-order valence-electron chi connectivity index (χ2n) is 5.35. The van der Waals surface area contributed by atoms with E-state index in [0.29, 0.717) is 25.0 Å². The Labute approximate surface area is 148 Å². The predicted octanol–water partition coefficient (Wildman–Crippen LogP) is 2.41. The molecule has 0 fully saturated rings. The number of unbranched alkanes of at least 4 members (excludes halogenated alkanes) is 1. The van der Waals surface area contributed by atoms with Gasteiger partial charge in [-0.15, -0.1) is 0 Å². The average Bonchev–Trinajstić information content (AvgIpc) is 2.56. The molecule has 0 bridgehead atoms. The van der Waals surface area contributed by atoms with Crippen molar-refractivity contribution < 1.29 is 41.0 Å². The minimum atomic E-state index is -4.85. The molecule has 0 saturated carbocycles. The fourth-order valence-corrected chi connectivity index (χ4v) is 3.53. The maximum absolute atomic E-state index is 12.9. The summed E-state index contributed by atoms with van der Waals surface area (Å²) >= 11 is 0. The van der Waals surface area contributed by atoms with E-state index in [0.717, 1.165) is 7.11 Å². The lowest BCUT2D eigenvalue weighted by Gasteiger charge is -2.17. The summed E-state index contributed by atoms with van der Waals surface area (Å²) in [6.07, 6.45) is -3.95. The number of rotatable bonds is 8. The summed E-state index contributed by atoms with van der Waals surface area (Å²) < 4.78 is 69.9. The molecule has 1 atom stereocenters. The molecule has 1 unspecified atom stereocenters. The zero-order chi connectivity index (χ0) is 20.1. The Bertz CT molecular complexity index is 776. The molecule has 1 rings (SSSR count). The van der Waals surface area contributed by atoms with Crippen molar-refractivity contribution in [2.75, 3.05) is 7.11 Å². The van der Waals surface area contributed by atoms with Crippen LogP contribution in [0.3, 0.4) is 0 Å². The smallest absolute Gasteiger partial charge is 0.416 e. The maximum atomic E-state index is 12.9. The average molecular weight is 397 g/mol. The van der Waals surface area contributed by atoms with Crippen LogP contribution >= 0.6 is 0 Å². The quantitative estimate of drug-likeness (QED) is 0.652. The van der Waals surface area contributed by atoms with Gasteiger partial charge in [-0.2, -0.15) is 17.9 Å². The summed E-state index contributed by atoms with van der Waals surface area (Å²) in [7, 11) is -3.80. The molecule has 11 heteroatoms. The number of carbonyl (C=O) groups is 2. The molecule has 0 radical (unpaired) electrons. The Kier molecular flexibility index (Phi) is 7.16. The largest absolute Gasteiger partial charge is 0.480 e. The van der Waals surface area contributed by atoms with Crippen LogP contribution in [0.2, 0.25) is 0 Å². The number of carboxylic acids is 1. The van der Waals surface area contributed by atoms with Crippen molar-refractivity contribution in [1.82, 2.24) is 4.72 Å². The Morgan fingerprint density at radius 2 is 1.92 bits per heavy atom. The van der Waals surface area contributed by atoms with E-state index in [1.807, 2.05) is 4.72 Å². The lowest BCUT2D eigenvalue weighted by molar-refractivity contribution is -0.139. The number of sulfonamides is 1. The topological polar surface area (TPSA) is 110 Å². The van der Waals surface area contributed by atoms with Gasteiger partial charge in [-0.1, -0.05) is 19.8 Å². The molecule has 0 heterocycles. The fourth-order valence-electron chi connectivity index (χ4n) is 2.09. The second kappa shape index (κ2) is 8.49. The minimum absolute atomic E-state index is 0.0580. The lowest BCUT2D eigenvalue weighted by Crippen LogP contribution is -2.41. The normalized spacial score (nSPS) is 13.3. The number of aliphatic carboxylic acids is 1. The van der Waals surface area contributed by atoms with Crippen molar-refractivity contribution in [2.45, 2.75) is 43.3 Å². The van der Waals surface area contributed by atoms with E-state index in [2.05, 4.69) is 4.74 Å². The number of methoxy groups -OCH3 is 1. The van der Waals surface area contributed by atoms with Crippen LogP contribution in [0.5, 0.6) is 0 Å². The predicted molar refractivity (Wildman–Crippen MR) is 84.1 cm³/mol. The number of hydrogen-bond donors (Lipinski definition) is 2. The molecule has 26 heavy (non-hydrogen) atoms. The summed E-state index contributed by atoms with van der Waals surface area (Å²) in [5, 5.41) is 9.12. The van der Waals surface area contributed by atoms with E-state index in [1.165, 1.54) is 0 Å². The van der Waals surface area contributed by atoms with Gasteiger partial charge in [0.05, 0.1) is 23.1 Å². The number of benzene rings is 1. The molecular weight excluding hydrogens is 379 g/mol. The molecule has 1 aromatic carbocycles. The second-order valence-corrected chi connectivity index (χ2v) is 7.04. The van der Waals surface area contributed by atoms with E-state index in [4.69, 9.17) is 5.11 Å². The van der Waals surface area contributed by atoms with Gasteiger partial charge in [-0.25, -0.2) is 13.2 Å². The van der Waals surface area contributed by atoms with E-state index in [9.17, 15) is 31.2 Å². The number of alkyl halides is 3. The third kappa shape index (κ3) is 5.43. The van der Waals surface area contributed by atoms with Gasteiger partial charge < -0.3 is 9.84 Å². The van der Waals surface area contributed by atoms with E-state index in [-0.39, 0.29) is 12.5 Å². The Hall–Kier alpha value is -2.14. The van der Waals surface area contributed by atoms with Crippen LogP contribution < -0.4 is 4.72 Å². The Morgan fingerprint density at radius 1 is 1.31 bits per heavy atom. The number of ether oxygens (including phenoxy) is 1. The molecule has 0 aliphatic rings. The molecule has 2 N–H and O–H groups in total. The molecular formula is C15H18F3NO6S. The number of esters is 1. The first-order valence-electron chi connectivity index (χ1n) is 7.48. The summed E-state index contributed by atoms with van der Waals surface area (Å²) in [6, 6.07) is -0.0601. The number of carbonyl (C=O) groups excluding carboxylic acids is 1.